The molecule has 0 rings (SSSR count). The Morgan fingerprint density at radius 3 is 0.595 bits per heavy atom. The van der Waals surface area contributed by atoms with Crippen molar-refractivity contribution in [3.05, 3.63) is 0 Å². The van der Waals surface area contributed by atoms with Crippen LogP contribution < -0.4 is 17.0 Å². The number of rotatable bonds is 17. The summed E-state index contributed by atoms with van der Waals surface area (Å²) in [5, 5.41) is 0. The molecule has 0 aromatic rings. The first-order valence-electron chi connectivity index (χ1n) is 5.22. The van der Waals surface area contributed by atoms with E-state index in [1.165, 1.54) is 0 Å². The van der Waals surface area contributed by atoms with Gasteiger partial charge in [0.15, 0.2) is 0 Å². The molecule has 256 valence electrons. The first-order chi connectivity index (χ1) is 16.8. The van der Waals surface area contributed by atoms with Crippen LogP contribution in [-0.4, -0.2) is 5.70 Å². The Morgan fingerprint density at radius 2 is 0.432 bits per heavy atom. The fourth-order valence-electron chi connectivity index (χ4n) is 0.486. The van der Waals surface area contributed by atoms with Crippen LogP contribution in [0.5, 0.6) is 0 Å². The molecule has 0 saturated carbocycles. The van der Waals surface area contributed by atoms with Gasteiger partial charge in [0, 0.05) is 0 Å². The maximum absolute atomic E-state index is 6.31. The van der Waals surface area contributed by atoms with Crippen LogP contribution in [0.4, 0.5) is 0 Å². The molecule has 0 aromatic carbocycles. The third kappa shape index (κ3) is 26.6. The Hall–Kier alpha value is 26.3. The zero-order chi connectivity index (χ0) is 29.5. The zero-order valence-electron chi connectivity index (χ0n) is 14.2. The second-order valence-electron chi connectivity index (χ2n) is 2.84. The summed E-state index contributed by atoms with van der Waals surface area (Å²) in [5.74, 6) is 0. The van der Waals surface area contributed by atoms with E-state index in [-0.39, 0.29) is 17.0 Å². The molecule has 0 atom stereocenters. The third-order valence-electron chi connectivity index (χ3n) is 1.37. The van der Waals surface area contributed by atoms with E-state index in [4.69, 9.17) is 5.70 Å². The second kappa shape index (κ2) is 38.2. The van der Waals surface area contributed by atoms with E-state index in [1.807, 2.05) is 0 Å². The molecule has 0 N–H and O–H groups in total. The van der Waals surface area contributed by atoms with Crippen molar-refractivity contribution in [1.82, 2.24) is 0 Å². The van der Waals surface area contributed by atoms with E-state index < -0.39 is 134 Å². The van der Waals surface area contributed by atoms with Gasteiger partial charge in [0.2, 0.25) is 0 Å². The van der Waals surface area contributed by atoms with Gasteiger partial charge in [0.1, 0.15) is 0 Å². The molecule has 0 spiro atoms. The van der Waals surface area contributed by atoms with E-state index in [9.17, 15) is 0 Å². The Labute approximate surface area is 463 Å². The van der Waals surface area contributed by atoms with Gasteiger partial charge in [-0.3, -0.25) is 0 Å². The van der Waals surface area contributed by atoms with E-state index in [1.54, 1.807) is 0 Å². The van der Waals surface area contributed by atoms with Crippen molar-refractivity contribution < 1.29 is 17.0 Å². The fourth-order valence-corrected chi connectivity index (χ4v) is 6330. The fraction of sp³-hybridized carbons (Fsp3) is 0. The van der Waals surface area contributed by atoms with Crippen molar-refractivity contribution in [2.75, 3.05) is 0 Å². The maximum atomic E-state index is 6.31. The molecular weight excluding hydrogens is 4580 g/mol. The molecule has 37 heavy (non-hydrogen) atoms. The molecule has 0 unspecified atom stereocenters. The Kier molecular flexibility index (Phi) is 65.4. The normalized spacial score (nSPS) is 18.5. The monoisotopic (exact) mass is 4580 g/mol. The SMILES string of the molecule is [B][I-]I(I)I(I)I(I)I(I)I(I)I(I)I(I)I(I)I(I)I(I)I(I)I(I)I(I)I(I)I(I)I(I)I(I)I. The molecule has 0 nitrogen and oxygen atoms in total. The van der Waals surface area contributed by atoms with Crippen molar-refractivity contribution in [2.45, 2.75) is 0 Å². The molecular formula is BI36-. The topological polar surface area (TPSA) is 0 Å². The van der Waals surface area contributed by atoms with E-state index in [0.717, 1.165) is 0 Å². The molecule has 0 aliphatic rings. The molecule has 37 heteroatoms. The summed E-state index contributed by atoms with van der Waals surface area (Å²) in [6, 6.07) is 0. The van der Waals surface area contributed by atoms with Crippen molar-refractivity contribution in [3.8, 4) is 0 Å². The summed E-state index contributed by atoms with van der Waals surface area (Å²) in [6.07, 6.45) is 0. The molecule has 2 radical (unpaired) electrons. The number of hydrogen-bond acceptors (Lipinski definition) is 0. The van der Waals surface area contributed by atoms with Crippen LogP contribution in [0.3, 0.4) is 0 Å². The number of hydrogen-bond donors (Lipinski definition) is 0. The minimum atomic E-state index is -0.587. The average molecular weight is 4580 g/mol. The van der Waals surface area contributed by atoms with Gasteiger partial charge in [-0.2, -0.15) is 0 Å². The zero-order valence-corrected chi connectivity index (χ0v) is 91.9. The van der Waals surface area contributed by atoms with Crippen LogP contribution in [0, 0.1) is 0 Å². The molecule has 0 bridgehead atoms. The Bertz CT molecular complexity index is 597. The van der Waals surface area contributed by atoms with Gasteiger partial charge in [-0.05, 0) is 0 Å². The third-order valence-corrected chi connectivity index (χ3v) is 2660. The Morgan fingerprint density at radius 1 is 0.270 bits per heavy atom. The minimum absolute atomic E-state index is 0.167. The van der Waals surface area contributed by atoms with Gasteiger partial charge in [-0.15, -0.1) is 0 Å². The quantitative estimate of drug-likeness (QED) is 0.101. The van der Waals surface area contributed by atoms with Crippen molar-refractivity contribution in [3.63, 3.8) is 0 Å². The molecule has 0 fully saturated rings. The first kappa shape index (κ1) is 63.3. The van der Waals surface area contributed by atoms with Crippen LogP contribution in [0.25, 0.3) is 0 Å². The standard InChI is InChI=1S/BI36/c1-20-22(4)24(6)26(8)28(10)30(12)32(14)34(16)36(18)37(19)35(17)33(15)31(13)29(11)27(9)25(7)23(5)21(2)3/q-1. The van der Waals surface area contributed by atoms with E-state index in [0.29, 0.717) is 0 Å². The average Bonchev–Trinajstić information content (AvgIpc) is 2.89. The Balaban J connectivity index is 5.34. The van der Waals surface area contributed by atoms with Crippen LogP contribution in [0.15, 0.2) is 0 Å². The first-order valence-corrected chi connectivity index (χ1v) is 226. The van der Waals surface area contributed by atoms with Gasteiger partial charge < -0.3 is 0 Å². The summed E-state index contributed by atoms with van der Waals surface area (Å²) >= 11 is 57.8. The molecule has 0 saturated heterocycles. The van der Waals surface area contributed by atoms with Crippen molar-refractivity contribution in [1.29, 1.82) is 0 Å². The van der Waals surface area contributed by atoms with Crippen LogP contribution in [0.1, 0.15) is 0 Å². The molecule has 0 aliphatic heterocycles. The van der Waals surface area contributed by atoms with Crippen LogP contribution in [-0.2, 0) is 0 Å². The van der Waals surface area contributed by atoms with E-state index in [2.05, 4.69) is 335 Å². The molecule has 0 heterocycles. The van der Waals surface area contributed by atoms with Crippen molar-refractivity contribution >= 4 is 475 Å². The summed E-state index contributed by atoms with van der Waals surface area (Å²) in [6.45, 7) is 0. The second-order valence-corrected chi connectivity index (χ2v) is 835. The summed E-state index contributed by atoms with van der Waals surface area (Å²) < 4.78 is 0. The molecule has 0 amide bonds. The van der Waals surface area contributed by atoms with Gasteiger partial charge in [-0.1, -0.05) is 0 Å². The predicted octanol–water partition coefficient (Wildman–Crippen LogP) is 27.6. The molecule has 0 aromatic heterocycles. The molecule has 0 aliphatic carbocycles. The summed E-state index contributed by atoms with van der Waals surface area (Å²) in [4.78, 5) is 0. The van der Waals surface area contributed by atoms with Gasteiger partial charge in [0.05, 0.1) is 0 Å². The predicted molar refractivity (Wildman–Crippen MR) is 496 cm³/mol. The summed E-state index contributed by atoms with van der Waals surface area (Å²) in [5.41, 5.74) is 6.31. The van der Waals surface area contributed by atoms with Crippen LogP contribution in [0.2, 0.25) is 0 Å². The van der Waals surface area contributed by atoms with Gasteiger partial charge in [0.25, 0.3) is 0 Å². The summed E-state index contributed by atoms with van der Waals surface area (Å²) in [7, 11) is -8.84. The van der Waals surface area contributed by atoms with Crippen LogP contribution >= 0.6 is 469 Å². The van der Waals surface area contributed by atoms with Crippen molar-refractivity contribution in [2.24, 2.45) is 0 Å². The number of halogens is 36. The van der Waals surface area contributed by atoms with E-state index >= 15 is 0 Å². The van der Waals surface area contributed by atoms with Gasteiger partial charge in [-0.25, -0.2) is 0 Å². The van der Waals surface area contributed by atoms with Gasteiger partial charge >= 0.3 is 492 Å².